The van der Waals surface area contributed by atoms with Crippen molar-refractivity contribution in [2.45, 2.75) is 51.1 Å². The molecule has 1 aliphatic rings. The number of methoxy groups -OCH3 is 1. The lowest BCUT2D eigenvalue weighted by molar-refractivity contribution is -0.116. The van der Waals surface area contributed by atoms with Crippen LogP contribution in [0.15, 0.2) is 77.7 Å². The summed E-state index contributed by atoms with van der Waals surface area (Å²) in [6.07, 6.45) is 2.47. The number of hydrogen-bond acceptors (Lipinski definition) is 5. The molecule has 3 aromatic rings. The highest BCUT2D eigenvalue weighted by Crippen LogP contribution is 2.26. The Morgan fingerprint density at radius 3 is 2.23 bits per heavy atom. The summed E-state index contributed by atoms with van der Waals surface area (Å²) in [6.45, 7) is 6.60. The molecular weight excluding hydrogens is 510 g/mol. The fraction of sp³-hybridized carbons (Fsp3) is 0.387. The molecule has 1 aliphatic heterocycles. The lowest BCUT2D eigenvalue weighted by Crippen LogP contribution is -2.39. The molecule has 0 saturated heterocycles. The molecule has 0 atom stereocenters. The van der Waals surface area contributed by atoms with Gasteiger partial charge < -0.3 is 9.64 Å². The monoisotopic (exact) mass is 549 g/mol. The van der Waals surface area contributed by atoms with Crippen LogP contribution in [0.4, 0.5) is 5.69 Å². The molecule has 4 rings (SSSR count). The molecule has 208 valence electrons. The van der Waals surface area contributed by atoms with Crippen LogP contribution in [-0.4, -0.2) is 56.8 Å². The van der Waals surface area contributed by atoms with E-state index in [9.17, 15) is 13.2 Å². The third-order valence-electron chi connectivity index (χ3n) is 7.18. The predicted octanol–water partition coefficient (Wildman–Crippen LogP) is 5.10. The van der Waals surface area contributed by atoms with Gasteiger partial charge in [0.15, 0.2) is 0 Å². The Labute approximate surface area is 233 Å². The second-order valence-corrected chi connectivity index (χ2v) is 11.9. The number of hydrogen-bond donors (Lipinski definition) is 0. The van der Waals surface area contributed by atoms with Crippen molar-refractivity contribution >= 4 is 21.6 Å². The molecule has 0 aromatic heterocycles. The Morgan fingerprint density at radius 2 is 1.56 bits per heavy atom. The molecule has 0 fully saturated rings. The van der Waals surface area contributed by atoms with Gasteiger partial charge in [0.1, 0.15) is 5.75 Å². The highest BCUT2D eigenvalue weighted by Gasteiger charge is 2.27. The van der Waals surface area contributed by atoms with Crippen LogP contribution in [0.3, 0.4) is 0 Å². The van der Waals surface area contributed by atoms with E-state index in [1.807, 2.05) is 54.6 Å². The Bertz CT molecular complexity index is 1340. The molecule has 0 radical (unpaired) electrons. The number of anilines is 1. The summed E-state index contributed by atoms with van der Waals surface area (Å²) < 4.78 is 34.5. The van der Waals surface area contributed by atoms with E-state index in [1.165, 1.54) is 0 Å². The van der Waals surface area contributed by atoms with Crippen LogP contribution in [0.25, 0.3) is 0 Å². The topological polar surface area (TPSA) is 70.2 Å². The molecule has 0 unspecified atom stereocenters. The van der Waals surface area contributed by atoms with E-state index in [-0.39, 0.29) is 5.91 Å². The quantitative estimate of drug-likeness (QED) is 0.410. The molecule has 39 heavy (non-hydrogen) atoms. The SMILES string of the molecule is CCCc1ccc(S(=O)(=O)N2CCCN(C(C)=O)c3ccccc3CN(Cc3ccc(OC)cc3)CC2)cc1. The zero-order valence-corrected chi connectivity index (χ0v) is 24.0. The van der Waals surface area contributed by atoms with Crippen LogP contribution < -0.4 is 9.64 Å². The number of benzene rings is 3. The van der Waals surface area contributed by atoms with Gasteiger partial charge in [-0.05, 0) is 59.9 Å². The van der Waals surface area contributed by atoms with Gasteiger partial charge in [0.25, 0.3) is 0 Å². The van der Waals surface area contributed by atoms with Crippen molar-refractivity contribution in [3.63, 3.8) is 0 Å². The van der Waals surface area contributed by atoms with E-state index < -0.39 is 10.0 Å². The molecule has 0 bridgehead atoms. The van der Waals surface area contributed by atoms with Crippen molar-refractivity contribution in [1.82, 2.24) is 9.21 Å². The minimum Gasteiger partial charge on any atom is -0.497 e. The first kappa shape index (κ1) is 28.8. The third-order valence-corrected chi connectivity index (χ3v) is 9.09. The van der Waals surface area contributed by atoms with E-state index in [1.54, 1.807) is 35.4 Å². The van der Waals surface area contributed by atoms with Gasteiger partial charge in [-0.15, -0.1) is 0 Å². The van der Waals surface area contributed by atoms with E-state index in [0.29, 0.717) is 50.6 Å². The average molecular weight is 550 g/mol. The van der Waals surface area contributed by atoms with Crippen LogP contribution in [0, 0.1) is 0 Å². The number of para-hydroxylation sites is 1. The number of fused-ring (bicyclic) bond motifs is 1. The molecule has 0 aliphatic carbocycles. The second kappa shape index (κ2) is 13.2. The maximum absolute atomic E-state index is 13.8. The van der Waals surface area contributed by atoms with E-state index in [2.05, 4.69) is 17.9 Å². The van der Waals surface area contributed by atoms with E-state index in [0.717, 1.165) is 41.0 Å². The van der Waals surface area contributed by atoms with Gasteiger partial charge in [0, 0.05) is 51.9 Å². The molecule has 3 aromatic carbocycles. The zero-order chi connectivity index (χ0) is 27.8. The fourth-order valence-corrected chi connectivity index (χ4v) is 6.55. The van der Waals surface area contributed by atoms with Crippen molar-refractivity contribution in [3.05, 3.63) is 89.5 Å². The van der Waals surface area contributed by atoms with Gasteiger partial charge in [-0.25, -0.2) is 8.42 Å². The maximum Gasteiger partial charge on any atom is 0.243 e. The third kappa shape index (κ3) is 7.26. The van der Waals surface area contributed by atoms with Gasteiger partial charge >= 0.3 is 0 Å². The zero-order valence-electron chi connectivity index (χ0n) is 23.2. The predicted molar refractivity (Wildman–Crippen MR) is 155 cm³/mol. The van der Waals surface area contributed by atoms with Crippen molar-refractivity contribution in [2.24, 2.45) is 0 Å². The van der Waals surface area contributed by atoms with Crippen LogP contribution in [0.5, 0.6) is 5.75 Å². The lowest BCUT2D eigenvalue weighted by atomic mass is 10.1. The number of nitrogens with zero attached hydrogens (tertiary/aromatic N) is 3. The standard InChI is InChI=1S/C31H39N3O4S/c1-4-8-26-13-17-30(18-14-26)39(36,37)33-19-7-20-34(25(2)35)31-10-6-5-9-28(31)24-32(21-22-33)23-27-11-15-29(38-3)16-12-27/h5-6,9-18H,4,7-8,19-24H2,1-3H3. The smallest absolute Gasteiger partial charge is 0.243 e. The van der Waals surface area contributed by atoms with Gasteiger partial charge in [-0.3, -0.25) is 9.69 Å². The summed E-state index contributed by atoms with van der Waals surface area (Å²) in [4.78, 5) is 17.0. The Hall–Kier alpha value is -3.20. The maximum atomic E-state index is 13.8. The summed E-state index contributed by atoms with van der Waals surface area (Å²) >= 11 is 0. The van der Waals surface area contributed by atoms with Crippen LogP contribution in [0.2, 0.25) is 0 Å². The Kier molecular flexibility index (Phi) is 9.78. The summed E-state index contributed by atoms with van der Waals surface area (Å²) in [5.41, 5.74) is 4.17. The molecule has 0 N–H and O–H groups in total. The summed E-state index contributed by atoms with van der Waals surface area (Å²) in [6, 6.07) is 23.2. The van der Waals surface area contributed by atoms with E-state index >= 15 is 0 Å². The molecule has 8 heteroatoms. The first-order valence-electron chi connectivity index (χ1n) is 13.6. The van der Waals surface area contributed by atoms with Crippen molar-refractivity contribution < 1.29 is 17.9 Å². The number of ether oxygens (including phenoxy) is 1. The molecule has 1 heterocycles. The summed E-state index contributed by atoms with van der Waals surface area (Å²) in [7, 11) is -2.05. The van der Waals surface area contributed by atoms with Gasteiger partial charge in [-0.1, -0.05) is 55.8 Å². The molecule has 7 nitrogen and oxygen atoms in total. The van der Waals surface area contributed by atoms with Crippen molar-refractivity contribution in [1.29, 1.82) is 0 Å². The van der Waals surface area contributed by atoms with Gasteiger partial charge in [-0.2, -0.15) is 4.31 Å². The van der Waals surface area contributed by atoms with E-state index in [4.69, 9.17) is 4.74 Å². The Morgan fingerprint density at radius 1 is 0.872 bits per heavy atom. The molecule has 0 spiro atoms. The molecule has 0 saturated carbocycles. The average Bonchev–Trinajstić information content (AvgIpc) is 2.97. The van der Waals surface area contributed by atoms with Crippen LogP contribution in [-0.2, 0) is 34.3 Å². The Balaban J connectivity index is 1.65. The van der Waals surface area contributed by atoms with Crippen molar-refractivity contribution in [3.8, 4) is 5.75 Å². The fourth-order valence-electron chi connectivity index (χ4n) is 5.08. The second-order valence-electron chi connectivity index (χ2n) is 10.0. The normalized spacial score (nSPS) is 15.8. The highest BCUT2D eigenvalue weighted by atomic mass is 32.2. The number of carbonyl (C=O) groups excluding carboxylic acids is 1. The highest BCUT2D eigenvalue weighted by molar-refractivity contribution is 7.89. The number of aryl methyl sites for hydroxylation is 1. The minimum atomic E-state index is -3.70. The van der Waals surface area contributed by atoms with Gasteiger partial charge in [0.2, 0.25) is 15.9 Å². The lowest BCUT2D eigenvalue weighted by Gasteiger charge is -2.28. The summed E-state index contributed by atoms with van der Waals surface area (Å²) in [5.74, 6) is 0.741. The van der Waals surface area contributed by atoms with Crippen molar-refractivity contribution in [2.75, 3.05) is 38.2 Å². The van der Waals surface area contributed by atoms with Crippen LogP contribution >= 0.6 is 0 Å². The molecular formula is C31H39N3O4S. The first-order valence-corrected chi connectivity index (χ1v) is 15.1. The number of sulfonamides is 1. The summed E-state index contributed by atoms with van der Waals surface area (Å²) in [5, 5.41) is 0. The first-order chi connectivity index (χ1) is 18.8. The number of amides is 1. The van der Waals surface area contributed by atoms with Gasteiger partial charge in [0.05, 0.1) is 12.0 Å². The number of rotatable bonds is 7. The minimum absolute atomic E-state index is 0.0516. The molecule has 1 amide bonds. The number of carbonyl (C=O) groups is 1. The largest absolute Gasteiger partial charge is 0.497 e. The van der Waals surface area contributed by atoms with Crippen LogP contribution in [0.1, 0.15) is 43.4 Å².